The summed E-state index contributed by atoms with van der Waals surface area (Å²) in [6.07, 6.45) is 18.6. The van der Waals surface area contributed by atoms with Gasteiger partial charge in [-0.25, -0.2) is 0 Å². The zero-order valence-electron chi connectivity index (χ0n) is 10.8. The van der Waals surface area contributed by atoms with E-state index in [9.17, 15) is 0 Å². The Kier molecular flexibility index (Phi) is 3.54. The Balaban J connectivity index is 0.000000117. The van der Waals surface area contributed by atoms with Crippen LogP contribution in [0.1, 0.15) is 77.0 Å². The molecule has 0 aliphatic heterocycles. The van der Waals surface area contributed by atoms with E-state index in [1.54, 1.807) is 38.5 Å². The minimum Gasteiger partial charge on any atom is -0.0533 e. The van der Waals surface area contributed by atoms with Crippen molar-refractivity contribution in [3.8, 4) is 0 Å². The molecule has 4 bridgehead atoms. The predicted molar refractivity (Wildman–Crippen MR) is 69.4 cm³/mol. The molecule has 16 heavy (non-hydrogen) atoms. The normalized spacial score (nSPS) is 45.0. The molecular weight excluding hydrogens is 192 g/mol. The molecule has 0 saturated heterocycles. The van der Waals surface area contributed by atoms with Crippen LogP contribution in [0, 0.1) is 23.7 Å². The maximum atomic E-state index is 1.60. The standard InChI is InChI=1S/C10H16.C6H12/c1-7-2-9-4-8(1)5-10(3-7)6-9;1-2-4-6-5-3-1/h7-10H,1-6H2;1-6H2. The molecule has 5 saturated carbocycles. The molecule has 0 atom stereocenters. The Bertz CT molecular complexity index is 146. The van der Waals surface area contributed by atoms with E-state index in [0.29, 0.717) is 0 Å². The predicted octanol–water partition coefficient (Wildman–Crippen LogP) is 5.17. The van der Waals surface area contributed by atoms with Gasteiger partial charge in [0.1, 0.15) is 0 Å². The molecule has 5 rings (SSSR count). The van der Waals surface area contributed by atoms with Gasteiger partial charge >= 0.3 is 0 Å². The van der Waals surface area contributed by atoms with Gasteiger partial charge < -0.3 is 0 Å². The second-order valence-corrected chi connectivity index (χ2v) is 7.00. The third kappa shape index (κ3) is 2.63. The summed E-state index contributed by atoms with van der Waals surface area (Å²) in [5.74, 6) is 4.71. The summed E-state index contributed by atoms with van der Waals surface area (Å²) in [7, 11) is 0. The van der Waals surface area contributed by atoms with E-state index in [4.69, 9.17) is 0 Å². The second-order valence-electron chi connectivity index (χ2n) is 7.00. The fourth-order valence-corrected chi connectivity index (χ4v) is 5.04. The first-order valence-corrected chi connectivity index (χ1v) is 7.90. The third-order valence-electron chi connectivity index (χ3n) is 5.50. The maximum absolute atomic E-state index is 1.60. The average molecular weight is 220 g/mol. The molecule has 92 valence electrons. The van der Waals surface area contributed by atoms with Gasteiger partial charge in [-0.3, -0.25) is 0 Å². The summed E-state index contributed by atoms with van der Waals surface area (Å²) in [5, 5.41) is 0. The van der Waals surface area contributed by atoms with Crippen LogP contribution in [-0.2, 0) is 0 Å². The van der Waals surface area contributed by atoms with Crippen molar-refractivity contribution in [1.29, 1.82) is 0 Å². The molecule has 5 aliphatic rings. The molecule has 0 unspecified atom stereocenters. The zero-order valence-corrected chi connectivity index (χ0v) is 10.8. The van der Waals surface area contributed by atoms with Crippen molar-refractivity contribution < 1.29 is 0 Å². The molecule has 0 aromatic carbocycles. The van der Waals surface area contributed by atoms with Gasteiger partial charge in [0.2, 0.25) is 0 Å². The summed E-state index contributed by atoms with van der Waals surface area (Å²) in [5.41, 5.74) is 0. The highest BCUT2D eigenvalue weighted by atomic mass is 14.5. The molecule has 0 heterocycles. The van der Waals surface area contributed by atoms with E-state index in [1.807, 2.05) is 0 Å². The lowest BCUT2D eigenvalue weighted by Crippen LogP contribution is -2.38. The van der Waals surface area contributed by atoms with Crippen molar-refractivity contribution in [2.45, 2.75) is 77.0 Å². The van der Waals surface area contributed by atoms with Crippen LogP contribution in [0.5, 0.6) is 0 Å². The van der Waals surface area contributed by atoms with Crippen molar-refractivity contribution in [1.82, 2.24) is 0 Å². The van der Waals surface area contributed by atoms with Gasteiger partial charge in [-0.15, -0.1) is 0 Å². The number of rotatable bonds is 0. The van der Waals surface area contributed by atoms with Crippen molar-refractivity contribution >= 4 is 0 Å². The summed E-state index contributed by atoms with van der Waals surface area (Å²) < 4.78 is 0. The summed E-state index contributed by atoms with van der Waals surface area (Å²) in [6, 6.07) is 0. The molecule has 0 radical (unpaired) electrons. The lowest BCUT2D eigenvalue weighted by atomic mass is 9.56. The Hall–Kier alpha value is 0. The molecule has 0 aromatic rings. The Morgan fingerprint density at radius 2 is 0.500 bits per heavy atom. The highest BCUT2D eigenvalue weighted by Gasteiger charge is 2.41. The minimum atomic E-state index is 1.18. The minimum absolute atomic E-state index is 1.18. The quantitative estimate of drug-likeness (QED) is 0.528. The van der Waals surface area contributed by atoms with E-state index in [2.05, 4.69) is 0 Å². The Labute approximate surface area is 101 Å². The first-order valence-electron chi connectivity index (χ1n) is 7.90. The van der Waals surface area contributed by atoms with Gasteiger partial charge in [-0.2, -0.15) is 0 Å². The lowest BCUT2D eigenvalue weighted by Gasteiger charge is -2.49. The zero-order chi connectivity index (χ0) is 10.8. The fraction of sp³-hybridized carbons (Fsp3) is 1.00. The van der Waals surface area contributed by atoms with Gasteiger partial charge in [0, 0.05) is 0 Å². The van der Waals surface area contributed by atoms with Crippen molar-refractivity contribution in [3.63, 3.8) is 0 Å². The summed E-state index contributed by atoms with van der Waals surface area (Å²) in [4.78, 5) is 0. The molecule has 0 heteroatoms. The molecule has 0 amide bonds. The smallest absolute Gasteiger partial charge is 0.0406 e. The second kappa shape index (κ2) is 5.10. The van der Waals surface area contributed by atoms with E-state index >= 15 is 0 Å². The van der Waals surface area contributed by atoms with Gasteiger partial charge in [-0.05, 0) is 62.2 Å². The van der Waals surface area contributed by atoms with E-state index < -0.39 is 0 Å². The van der Waals surface area contributed by atoms with Crippen LogP contribution in [0.4, 0.5) is 0 Å². The van der Waals surface area contributed by atoms with Gasteiger partial charge in [0.05, 0.1) is 0 Å². The van der Waals surface area contributed by atoms with Crippen LogP contribution in [-0.4, -0.2) is 0 Å². The highest BCUT2D eigenvalue weighted by molar-refractivity contribution is 4.92. The third-order valence-corrected chi connectivity index (χ3v) is 5.50. The Morgan fingerprint density at radius 1 is 0.312 bits per heavy atom. The molecule has 5 aliphatic carbocycles. The fourth-order valence-electron chi connectivity index (χ4n) is 5.04. The maximum Gasteiger partial charge on any atom is -0.0406 e. The largest absolute Gasteiger partial charge is 0.0533 e. The Morgan fingerprint density at radius 3 is 0.688 bits per heavy atom. The van der Waals surface area contributed by atoms with Crippen molar-refractivity contribution in [2.75, 3.05) is 0 Å². The van der Waals surface area contributed by atoms with E-state index in [1.165, 1.54) is 62.2 Å². The van der Waals surface area contributed by atoms with Gasteiger partial charge in [0.15, 0.2) is 0 Å². The molecule has 0 N–H and O–H groups in total. The van der Waals surface area contributed by atoms with Gasteiger partial charge in [-0.1, -0.05) is 38.5 Å². The van der Waals surface area contributed by atoms with Crippen LogP contribution < -0.4 is 0 Å². The first kappa shape index (κ1) is 11.1. The van der Waals surface area contributed by atoms with Gasteiger partial charge in [0.25, 0.3) is 0 Å². The monoisotopic (exact) mass is 220 g/mol. The first-order chi connectivity index (χ1) is 7.90. The van der Waals surface area contributed by atoms with Crippen molar-refractivity contribution in [3.05, 3.63) is 0 Å². The average Bonchev–Trinajstić information content (AvgIpc) is 2.30. The van der Waals surface area contributed by atoms with Crippen LogP contribution in [0.3, 0.4) is 0 Å². The lowest BCUT2D eigenvalue weighted by molar-refractivity contribution is 0.0198. The van der Waals surface area contributed by atoms with E-state index in [-0.39, 0.29) is 0 Å². The highest BCUT2D eigenvalue weighted by Crippen LogP contribution is 2.53. The summed E-state index contributed by atoms with van der Waals surface area (Å²) >= 11 is 0. The number of hydrogen-bond donors (Lipinski definition) is 0. The van der Waals surface area contributed by atoms with Crippen LogP contribution in [0.15, 0.2) is 0 Å². The molecule has 0 aromatic heterocycles. The SMILES string of the molecule is C1C2CC3CC1CC(C2)C3.C1CCCCC1. The molecule has 0 nitrogen and oxygen atoms in total. The topological polar surface area (TPSA) is 0 Å². The van der Waals surface area contributed by atoms with Crippen LogP contribution in [0.25, 0.3) is 0 Å². The summed E-state index contributed by atoms with van der Waals surface area (Å²) in [6.45, 7) is 0. The molecule has 0 spiro atoms. The molecular formula is C16H28. The van der Waals surface area contributed by atoms with Crippen LogP contribution in [0.2, 0.25) is 0 Å². The van der Waals surface area contributed by atoms with E-state index in [0.717, 1.165) is 0 Å². The van der Waals surface area contributed by atoms with Crippen LogP contribution >= 0.6 is 0 Å². The van der Waals surface area contributed by atoms with Crippen molar-refractivity contribution in [2.24, 2.45) is 23.7 Å². The molecule has 5 fully saturated rings. The number of hydrogen-bond acceptors (Lipinski definition) is 0.